The first kappa shape index (κ1) is 13.5. The van der Waals surface area contributed by atoms with Gasteiger partial charge in [0.1, 0.15) is 0 Å². The van der Waals surface area contributed by atoms with Crippen molar-refractivity contribution in [3.8, 4) is 0 Å². The molecule has 0 fully saturated rings. The van der Waals surface area contributed by atoms with Gasteiger partial charge >= 0.3 is 97.7 Å². The van der Waals surface area contributed by atoms with Gasteiger partial charge in [-0.25, -0.2) is 0 Å². The fourth-order valence-electron chi connectivity index (χ4n) is 0.551. The van der Waals surface area contributed by atoms with Crippen LogP contribution in [0.1, 0.15) is 20.8 Å². The molecule has 0 aliphatic heterocycles. The van der Waals surface area contributed by atoms with Gasteiger partial charge in [-0.3, -0.25) is 0 Å². The van der Waals surface area contributed by atoms with Crippen LogP contribution in [0.4, 0.5) is 0 Å². The predicted molar refractivity (Wildman–Crippen MR) is 68.5 cm³/mol. The summed E-state index contributed by atoms with van der Waals surface area (Å²) in [7, 11) is 3.97. The summed E-state index contributed by atoms with van der Waals surface area (Å²) in [5.41, 5.74) is 0. The Morgan fingerprint density at radius 3 is 2.15 bits per heavy atom. The third-order valence-corrected chi connectivity index (χ3v) is 5.19. The van der Waals surface area contributed by atoms with E-state index >= 15 is 0 Å². The second-order valence-electron chi connectivity index (χ2n) is 3.85. The van der Waals surface area contributed by atoms with E-state index in [1.165, 1.54) is 3.80 Å². The maximum absolute atomic E-state index is 5.22. The molecule has 0 saturated carbocycles. The molecule has 0 atom stereocenters. The zero-order valence-electron chi connectivity index (χ0n) is 8.88. The summed E-state index contributed by atoms with van der Waals surface area (Å²) >= 11 is 7.29. The van der Waals surface area contributed by atoms with E-state index in [4.69, 9.17) is 12.2 Å². The van der Waals surface area contributed by atoms with E-state index in [0.717, 1.165) is 3.89 Å². The topological polar surface area (TPSA) is 3.24 Å². The fraction of sp³-hybridized carbons (Fsp3) is 0.667. The van der Waals surface area contributed by atoms with Crippen molar-refractivity contribution < 1.29 is 0 Å². The van der Waals surface area contributed by atoms with E-state index in [0.29, 0.717) is 0 Å². The van der Waals surface area contributed by atoms with Crippen LogP contribution < -0.4 is 0 Å². The van der Waals surface area contributed by atoms with Gasteiger partial charge in [0.25, 0.3) is 0 Å². The molecule has 0 heterocycles. The van der Waals surface area contributed by atoms with Gasteiger partial charge in [0, 0.05) is 0 Å². The van der Waals surface area contributed by atoms with Crippen LogP contribution in [0.15, 0.2) is 10.4 Å². The van der Waals surface area contributed by atoms with Gasteiger partial charge in [-0.05, 0) is 0 Å². The molecule has 0 radical (unpaired) electrons. The summed E-state index contributed by atoms with van der Waals surface area (Å²) in [5.74, 6) is 0. The third kappa shape index (κ3) is 7.56. The maximum atomic E-state index is 5.22. The average Bonchev–Trinajstić information content (AvgIpc) is 1.81. The molecule has 0 bridgehead atoms. The summed E-state index contributed by atoms with van der Waals surface area (Å²) in [6.45, 7) is 10.6. The van der Waals surface area contributed by atoms with Crippen molar-refractivity contribution in [2.45, 2.75) is 25.5 Å². The van der Waals surface area contributed by atoms with Gasteiger partial charge < -0.3 is 0 Å². The molecular weight excluding hydrogens is 265 g/mol. The summed E-state index contributed by atoms with van der Waals surface area (Å²) in [4.78, 5) is 1.99. The van der Waals surface area contributed by atoms with Crippen LogP contribution in [0.25, 0.3) is 0 Å². The van der Waals surface area contributed by atoms with Crippen LogP contribution in [-0.4, -0.2) is 42.6 Å². The Morgan fingerprint density at radius 2 is 1.85 bits per heavy atom. The molecule has 0 rings (SSSR count). The number of rotatable bonds is 3. The molecule has 0 spiro atoms. The molecule has 0 aromatic carbocycles. The van der Waals surface area contributed by atoms with Gasteiger partial charge in [0.15, 0.2) is 0 Å². The summed E-state index contributed by atoms with van der Waals surface area (Å²) in [6.07, 6.45) is 0. The first-order valence-corrected chi connectivity index (χ1v) is 6.93. The number of hydrogen-bond donors (Lipinski definition) is 0. The zero-order valence-corrected chi connectivity index (χ0v) is 12.2. The van der Waals surface area contributed by atoms with Crippen molar-refractivity contribution in [3.05, 3.63) is 10.4 Å². The van der Waals surface area contributed by atoms with Crippen LogP contribution in [0, 0.1) is 0 Å². The number of nitrogens with zero attached hydrogens (tertiary/aromatic N) is 1. The number of hydrogen-bond acceptors (Lipinski definition) is 2. The van der Waals surface area contributed by atoms with Crippen molar-refractivity contribution in [2.24, 2.45) is 0 Å². The quantitative estimate of drug-likeness (QED) is 0.578. The Hall–Kier alpha value is 0.499. The molecule has 0 aromatic heterocycles. The van der Waals surface area contributed by atoms with Crippen LogP contribution in [-0.2, 0) is 0 Å². The molecule has 1 nitrogen and oxygen atoms in total. The van der Waals surface area contributed by atoms with E-state index in [2.05, 4.69) is 27.4 Å². The Morgan fingerprint density at radius 1 is 1.38 bits per heavy atom. The minimum absolute atomic E-state index is 0.247. The van der Waals surface area contributed by atoms with E-state index in [1.807, 2.05) is 30.8 Å². The monoisotopic (exact) mass is 283 g/mol. The molecule has 0 aromatic rings. The SMILES string of the molecule is C=C(SC(C)(C)C)[Se]C(=S)N(C)C. The number of thiocarbonyl (C=S) groups is 1. The van der Waals surface area contributed by atoms with E-state index in [-0.39, 0.29) is 19.7 Å². The van der Waals surface area contributed by atoms with Crippen molar-refractivity contribution in [3.63, 3.8) is 0 Å². The van der Waals surface area contributed by atoms with Gasteiger partial charge in [0.05, 0.1) is 0 Å². The molecule has 76 valence electrons. The predicted octanol–water partition coefficient (Wildman–Crippen LogP) is 2.54. The Balaban J connectivity index is 3.96. The van der Waals surface area contributed by atoms with Crippen molar-refractivity contribution in [2.75, 3.05) is 14.1 Å². The average molecular weight is 282 g/mol. The second kappa shape index (κ2) is 5.40. The van der Waals surface area contributed by atoms with E-state index in [9.17, 15) is 0 Å². The van der Waals surface area contributed by atoms with Crippen molar-refractivity contribution >= 4 is 42.8 Å². The Labute approximate surface area is 97.5 Å². The molecule has 13 heavy (non-hydrogen) atoms. The Bertz CT molecular complexity index is 206. The van der Waals surface area contributed by atoms with Gasteiger partial charge in [-0.1, -0.05) is 0 Å². The molecular formula is C9H17NS2Se. The molecule has 0 aliphatic carbocycles. The van der Waals surface area contributed by atoms with Crippen LogP contribution in [0.3, 0.4) is 0 Å². The van der Waals surface area contributed by atoms with Crippen molar-refractivity contribution in [1.82, 2.24) is 4.90 Å². The first-order chi connectivity index (χ1) is 5.72. The number of thioether (sulfide) groups is 1. The standard InChI is InChI=1S/C9H17NS2Se/c1-7(12-9(2,3)4)13-8(11)10(5)6/h1H2,2-6H3. The van der Waals surface area contributed by atoms with Crippen LogP contribution >= 0.6 is 24.0 Å². The van der Waals surface area contributed by atoms with Gasteiger partial charge in [-0.15, -0.1) is 0 Å². The van der Waals surface area contributed by atoms with E-state index in [1.54, 1.807) is 0 Å². The summed E-state index contributed by atoms with van der Waals surface area (Å²) in [6, 6.07) is 0. The summed E-state index contributed by atoms with van der Waals surface area (Å²) in [5, 5.41) is 0. The summed E-state index contributed by atoms with van der Waals surface area (Å²) < 4.78 is 2.47. The molecule has 0 unspecified atom stereocenters. The Kier molecular flexibility index (Phi) is 5.60. The fourth-order valence-corrected chi connectivity index (χ4v) is 5.11. The van der Waals surface area contributed by atoms with Gasteiger partial charge in [-0.2, -0.15) is 0 Å². The first-order valence-electron chi connectivity index (χ1n) is 3.99. The second-order valence-corrected chi connectivity index (χ2v) is 9.60. The van der Waals surface area contributed by atoms with Crippen LogP contribution in [0.5, 0.6) is 0 Å². The zero-order chi connectivity index (χ0) is 10.6. The van der Waals surface area contributed by atoms with Gasteiger partial charge in [0.2, 0.25) is 0 Å². The normalized spacial score (nSPS) is 11.2. The molecule has 0 aliphatic rings. The minimum atomic E-state index is 0.247. The third-order valence-electron chi connectivity index (χ3n) is 0.986. The molecule has 0 N–H and O–H groups in total. The molecule has 0 saturated heterocycles. The van der Waals surface area contributed by atoms with Crippen LogP contribution in [0.2, 0.25) is 0 Å². The molecule has 0 amide bonds. The van der Waals surface area contributed by atoms with Crippen molar-refractivity contribution in [1.29, 1.82) is 0 Å². The van der Waals surface area contributed by atoms with E-state index < -0.39 is 0 Å². The molecule has 4 heteroatoms.